The van der Waals surface area contributed by atoms with E-state index in [2.05, 4.69) is 15.3 Å². The number of aliphatic hydroxyl groups is 1. The van der Waals surface area contributed by atoms with Gasteiger partial charge < -0.3 is 10.4 Å². The first-order chi connectivity index (χ1) is 7.67. The van der Waals surface area contributed by atoms with Gasteiger partial charge in [0, 0.05) is 12.2 Å². The van der Waals surface area contributed by atoms with Gasteiger partial charge in [-0.1, -0.05) is 18.7 Å². The largest absolute Gasteiger partial charge is 0.395 e. The number of nitrogens with zero attached hydrogens (tertiary/aromatic N) is 2. The van der Waals surface area contributed by atoms with Crippen molar-refractivity contribution in [3.8, 4) is 0 Å². The van der Waals surface area contributed by atoms with Gasteiger partial charge in [-0.25, -0.2) is 9.97 Å². The summed E-state index contributed by atoms with van der Waals surface area (Å²) in [5.41, 5.74) is 1.11. The summed E-state index contributed by atoms with van der Waals surface area (Å²) in [6, 6.07) is 1.63. The van der Waals surface area contributed by atoms with Gasteiger partial charge in [-0.2, -0.15) is 0 Å². The number of carbonyl (C=O) groups is 1. The monoisotopic (exact) mass is 241 g/mol. The van der Waals surface area contributed by atoms with E-state index < -0.39 is 0 Å². The molecule has 1 heterocycles. The molecule has 1 aromatic rings. The van der Waals surface area contributed by atoms with Gasteiger partial charge in [0.05, 0.1) is 6.61 Å². The van der Waals surface area contributed by atoms with Crippen molar-refractivity contribution in [3.05, 3.63) is 17.5 Å². The molecular weight excluding hydrogens is 226 g/mol. The van der Waals surface area contributed by atoms with Crippen LogP contribution in [-0.4, -0.2) is 39.9 Å². The minimum atomic E-state index is -0.280. The van der Waals surface area contributed by atoms with Gasteiger partial charge in [0.15, 0.2) is 5.16 Å². The average Bonchev–Trinajstić information content (AvgIpc) is 2.25. The van der Waals surface area contributed by atoms with Gasteiger partial charge in [0.25, 0.3) is 5.91 Å². The van der Waals surface area contributed by atoms with E-state index in [1.807, 2.05) is 13.8 Å². The van der Waals surface area contributed by atoms with Gasteiger partial charge in [-0.15, -0.1) is 0 Å². The van der Waals surface area contributed by atoms with Gasteiger partial charge in [-0.05, 0) is 18.7 Å². The lowest BCUT2D eigenvalue weighted by Gasteiger charge is -2.05. The molecule has 0 aliphatic heterocycles. The fraction of sp³-hybridized carbons (Fsp3) is 0.500. The lowest BCUT2D eigenvalue weighted by atomic mass is 10.3. The highest BCUT2D eigenvalue weighted by Gasteiger charge is 2.09. The summed E-state index contributed by atoms with van der Waals surface area (Å²) in [6.45, 7) is 3.98. The Hall–Kier alpha value is -1.14. The Kier molecular flexibility index (Phi) is 5.21. The summed E-state index contributed by atoms with van der Waals surface area (Å²) in [5.74, 6) is 0.582. The van der Waals surface area contributed by atoms with E-state index in [1.54, 1.807) is 6.07 Å². The van der Waals surface area contributed by atoms with Crippen molar-refractivity contribution in [2.75, 3.05) is 18.9 Å². The molecule has 0 aliphatic rings. The Morgan fingerprint density at radius 3 is 2.94 bits per heavy atom. The minimum absolute atomic E-state index is 0.0770. The average molecular weight is 241 g/mol. The Morgan fingerprint density at radius 2 is 2.31 bits per heavy atom. The predicted octanol–water partition coefficient (Wildman–Crippen LogP) is 0.619. The number of hydrogen-bond acceptors (Lipinski definition) is 5. The van der Waals surface area contributed by atoms with E-state index in [9.17, 15) is 4.79 Å². The second-order valence-electron chi connectivity index (χ2n) is 3.09. The molecule has 0 saturated heterocycles. The molecular formula is C10H15N3O2S. The molecule has 0 saturated carbocycles. The third kappa shape index (κ3) is 3.79. The van der Waals surface area contributed by atoms with E-state index in [4.69, 9.17) is 5.11 Å². The molecule has 88 valence electrons. The maximum absolute atomic E-state index is 11.6. The van der Waals surface area contributed by atoms with Gasteiger partial charge in [-0.3, -0.25) is 4.79 Å². The highest BCUT2D eigenvalue weighted by atomic mass is 32.2. The number of aryl methyl sites for hydroxylation is 1. The summed E-state index contributed by atoms with van der Waals surface area (Å²) >= 11 is 1.49. The SMILES string of the molecule is CCSc1nc(C)cc(C(=O)NCCO)n1. The van der Waals surface area contributed by atoms with Crippen molar-refractivity contribution in [1.82, 2.24) is 15.3 Å². The Bertz CT molecular complexity index is 371. The first-order valence-electron chi connectivity index (χ1n) is 5.05. The lowest BCUT2D eigenvalue weighted by molar-refractivity contribution is 0.0938. The number of carbonyl (C=O) groups excluding carboxylic acids is 1. The molecule has 0 unspecified atom stereocenters. The van der Waals surface area contributed by atoms with Crippen LogP contribution >= 0.6 is 11.8 Å². The topological polar surface area (TPSA) is 75.1 Å². The van der Waals surface area contributed by atoms with E-state index in [0.29, 0.717) is 10.9 Å². The maximum Gasteiger partial charge on any atom is 0.270 e. The fourth-order valence-electron chi connectivity index (χ4n) is 1.11. The van der Waals surface area contributed by atoms with Crippen LogP contribution in [0.15, 0.2) is 11.2 Å². The molecule has 6 heteroatoms. The number of thioether (sulfide) groups is 1. The van der Waals surface area contributed by atoms with E-state index in [1.165, 1.54) is 11.8 Å². The van der Waals surface area contributed by atoms with Crippen LogP contribution in [0.1, 0.15) is 23.1 Å². The third-order valence-corrected chi connectivity index (χ3v) is 2.47. The smallest absolute Gasteiger partial charge is 0.270 e. The standard InChI is InChI=1S/C10H15N3O2S/c1-3-16-10-12-7(2)6-8(13-10)9(15)11-4-5-14/h6,14H,3-5H2,1-2H3,(H,11,15). The Balaban J connectivity index is 2.82. The molecule has 2 N–H and O–H groups in total. The van der Waals surface area contributed by atoms with Crippen molar-refractivity contribution >= 4 is 17.7 Å². The number of amides is 1. The van der Waals surface area contributed by atoms with Crippen molar-refractivity contribution in [1.29, 1.82) is 0 Å². The normalized spacial score (nSPS) is 10.2. The van der Waals surface area contributed by atoms with Gasteiger partial charge in [0.2, 0.25) is 0 Å². The molecule has 0 spiro atoms. The van der Waals surface area contributed by atoms with Crippen LogP contribution in [0.25, 0.3) is 0 Å². The summed E-state index contributed by atoms with van der Waals surface area (Å²) < 4.78 is 0. The summed E-state index contributed by atoms with van der Waals surface area (Å²) in [6.07, 6.45) is 0. The van der Waals surface area contributed by atoms with Crippen molar-refractivity contribution in [3.63, 3.8) is 0 Å². The first kappa shape index (κ1) is 12.9. The van der Waals surface area contributed by atoms with E-state index in [0.717, 1.165) is 11.4 Å². The Labute approximate surface area is 98.7 Å². The highest BCUT2D eigenvalue weighted by Crippen LogP contribution is 2.13. The number of aromatic nitrogens is 2. The van der Waals surface area contributed by atoms with Crippen LogP contribution in [0.5, 0.6) is 0 Å². The van der Waals surface area contributed by atoms with Gasteiger partial charge in [0.1, 0.15) is 5.69 Å². The fourth-order valence-corrected chi connectivity index (χ4v) is 1.74. The predicted molar refractivity (Wildman–Crippen MR) is 62.6 cm³/mol. The van der Waals surface area contributed by atoms with E-state index >= 15 is 0 Å². The zero-order valence-electron chi connectivity index (χ0n) is 9.36. The number of aliphatic hydroxyl groups excluding tert-OH is 1. The molecule has 0 aliphatic carbocycles. The van der Waals surface area contributed by atoms with Crippen molar-refractivity contribution in [2.45, 2.75) is 19.0 Å². The highest BCUT2D eigenvalue weighted by molar-refractivity contribution is 7.99. The summed E-state index contributed by atoms with van der Waals surface area (Å²) in [7, 11) is 0. The first-order valence-corrected chi connectivity index (χ1v) is 6.03. The van der Waals surface area contributed by atoms with Gasteiger partial charge >= 0.3 is 0 Å². The lowest BCUT2D eigenvalue weighted by Crippen LogP contribution is -2.27. The molecule has 0 radical (unpaired) electrons. The van der Waals surface area contributed by atoms with Crippen LogP contribution < -0.4 is 5.32 Å². The van der Waals surface area contributed by atoms with Crippen molar-refractivity contribution in [2.24, 2.45) is 0 Å². The number of rotatable bonds is 5. The number of nitrogens with one attached hydrogen (secondary N) is 1. The zero-order valence-corrected chi connectivity index (χ0v) is 10.2. The minimum Gasteiger partial charge on any atom is -0.395 e. The summed E-state index contributed by atoms with van der Waals surface area (Å²) in [4.78, 5) is 19.9. The van der Waals surface area contributed by atoms with E-state index in [-0.39, 0.29) is 19.1 Å². The second-order valence-corrected chi connectivity index (χ2v) is 4.32. The molecule has 0 bridgehead atoms. The number of hydrogen-bond donors (Lipinski definition) is 2. The van der Waals surface area contributed by atoms with Crippen molar-refractivity contribution < 1.29 is 9.90 Å². The molecule has 0 aromatic carbocycles. The Morgan fingerprint density at radius 1 is 1.56 bits per heavy atom. The molecule has 5 nitrogen and oxygen atoms in total. The van der Waals surface area contributed by atoms with Crippen LogP contribution in [0.2, 0.25) is 0 Å². The quantitative estimate of drug-likeness (QED) is 0.584. The zero-order chi connectivity index (χ0) is 12.0. The van der Waals surface area contributed by atoms with Crippen LogP contribution in [0, 0.1) is 6.92 Å². The molecule has 0 atom stereocenters. The van der Waals surface area contributed by atoms with Crippen LogP contribution in [-0.2, 0) is 0 Å². The molecule has 1 rings (SSSR count). The third-order valence-electron chi connectivity index (χ3n) is 1.74. The summed E-state index contributed by atoms with van der Waals surface area (Å²) in [5, 5.41) is 11.8. The van der Waals surface area contributed by atoms with Crippen LogP contribution in [0.3, 0.4) is 0 Å². The molecule has 0 fully saturated rings. The molecule has 1 amide bonds. The van der Waals surface area contributed by atoms with Crippen LogP contribution in [0.4, 0.5) is 0 Å². The second kappa shape index (κ2) is 6.44. The molecule has 1 aromatic heterocycles. The maximum atomic E-state index is 11.6. The molecule has 16 heavy (non-hydrogen) atoms.